The van der Waals surface area contributed by atoms with Crippen molar-refractivity contribution in [1.82, 2.24) is 35.6 Å². The lowest BCUT2D eigenvalue weighted by Crippen LogP contribution is -2.19. The zero-order valence-electron chi connectivity index (χ0n) is 52.1. The number of aromatic amines is 1. The van der Waals surface area contributed by atoms with E-state index in [0.717, 1.165) is 83.9 Å². The minimum atomic E-state index is 0.0276. The average molecular weight is 1190 g/mol. The molecule has 0 spiro atoms. The Hall–Kier alpha value is -10.3. The SMILES string of the molecule is CC(C)(C)c1ccc(-c2nnc(-c3ccc(COc4cc(COc5ccc6c(c5)[nH]c5ccccc56)cc(OCc5ccc(-c6nnc(-c7ccc(C(C)(C)C)cc7)o6)cc5)c4OCc4ccc(-c5nnc(C6=CCC(C(C)(C)C)C=C6)o5)cc4)cc3)o2)cc1. The van der Waals surface area contributed by atoms with Crippen molar-refractivity contribution in [2.45, 2.75) is 106 Å². The lowest BCUT2D eigenvalue weighted by molar-refractivity contribution is 0.228. The quantitative estimate of drug-likeness (QED) is 0.0862. The molecule has 1 N–H and O–H groups in total. The van der Waals surface area contributed by atoms with Crippen LogP contribution >= 0.6 is 0 Å². The Morgan fingerprint density at radius 3 is 1.27 bits per heavy atom. The summed E-state index contributed by atoms with van der Waals surface area (Å²) in [6.45, 7) is 20.7. The van der Waals surface area contributed by atoms with Crippen molar-refractivity contribution in [3.05, 3.63) is 233 Å². The number of ether oxygens (including phenoxy) is 4. The topological polar surface area (TPSA) is 169 Å². The third-order valence-electron chi connectivity index (χ3n) is 16.5. The Balaban J connectivity index is 0.782. The first-order valence-electron chi connectivity index (χ1n) is 30.5. The zero-order valence-corrected chi connectivity index (χ0v) is 52.1. The van der Waals surface area contributed by atoms with Crippen LogP contribution in [0.3, 0.4) is 0 Å². The van der Waals surface area contributed by atoms with Crippen molar-refractivity contribution in [3.8, 4) is 80.3 Å². The van der Waals surface area contributed by atoms with E-state index < -0.39 is 0 Å². The maximum atomic E-state index is 6.85. The normalized spacial score (nSPS) is 13.7. The van der Waals surface area contributed by atoms with Crippen LogP contribution in [-0.2, 0) is 37.3 Å². The van der Waals surface area contributed by atoms with Crippen molar-refractivity contribution in [3.63, 3.8) is 0 Å². The molecule has 0 saturated heterocycles. The Labute approximate surface area is 523 Å². The van der Waals surface area contributed by atoms with E-state index in [0.29, 0.717) is 64.3 Å². The standard InChI is InChI=1S/C76H71N7O7/c1-74(2,3)57-32-26-54(27-33-57)71-81-78-68(88-71)51-20-14-47(15-21-51)43-85-65-40-50(46-84-60-38-39-62-61-12-10-11-13-63(61)77-64(62)42-60)41-66(86-44-48-16-22-52(23-17-48)69-79-82-72(89-69)55-28-34-58(35-29-55)75(4,5)6)67(65)87-45-49-18-24-53(25-19-49)70-80-83-73(90-70)56-30-36-59(37-31-56)76(7,8)9/h10-36,38-42,59,77H,37,43-46H2,1-9H3. The van der Waals surface area contributed by atoms with Gasteiger partial charge in [-0.1, -0.05) is 159 Å². The van der Waals surface area contributed by atoms with Gasteiger partial charge >= 0.3 is 0 Å². The number of H-pyrrole nitrogens is 1. The van der Waals surface area contributed by atoms with Gasteiger partial charge in [0.25, 0.3) is 0 Å². The number of benzene rings is 8. The maximum Gasteiger partial charge on any atom is 0.248 e. The summed E-state index contributed by atoms with van der Waals surface area (Å²) in [5.74, 6) is 5.16. The molecule has 13 rings (SSSR count). The summed E-state index contributed by atoms with van der Waals surface area (Å²) in [6, 6.07) is 58.5. The number of fused-ring (bicyclic) bond motifs is 3. The molecular weight excluding hydrogens is 1120 g/mol. The summed E-state index contributed by atoms with van der Waals surface area (Å²) in [7, 11) is 0. The van der Waals surface area contributed by atoms with Crippen LogP contribution < -0.4 is 18.9 Å². The fraction of sp³-hybridized carbons (Fsp3) is 0.237. The second kappa shape index (κ2) is 24.3. The summed E-state index contributed by atoms with van der Waals surface area (Å²) in [5, 5.41) is 28.7. The van der Waals surface area contributed by atoms with Crippen LogP contribution in [0.25, 0.3) is 84.6 Å². The molecule has 452 valence electrons. The molecule has 14 nitrogen and oxygen atoms in total. The van der Waals surface area contributed by atoms with E-state index in [-0.39, 0.29) is 42.7 Å². The van der Waals surface area contributed by atoms with Crippen molar-refractivity contribution in [2.24, 2.45) is 11.3 Å². The van der Waals surface area contributed by atoms with E-state index in [2.05, 4.69) is 159 Å². The van der Waals surface area contributed by atoms with Gasteiger partial charge in [0.15, 0.2) is 11.5 Å². The molecule has 12 aromatic rings. The highest BCUT2D eigenvalue weighted by Gasteiger charge is 2.26. The Kier molecular flexibility index (Phi) is 15.9. The van der Waals surface area contributed by atoms with Crippen LogP contribution in [0.2, 0.25) is 0 Å². The van der Waals surface area contributed by atoms with E-state index in [1.54, 1.807) is 0 Å². The van der Waals surface area contributed by atoms with Gasteiger partial charge in [0.1, 0.15) is 32.2 Å². The van der Waals surface area contributed by atoms with Gasteiger partial charge in [-0.05, 0) is 153 Å². The predicted molar refractivity (Wildman–Crippen MR) is 352 cm³/mol. The highest BCUT2D eigenvalue weighted by atomic mass is 16.5. The highest BCUT2D eigenvalue weighted by Crippen LogP contribution is 2.42. The van der Waals surface area contributed by atoms with Crippen molar-refractivity contribution < 1.29 is 32.2 Å². The number of allylic oxidation sites excluding steroid dienone is 4. The molecule has 8 aromatic carbocycles. The molecule has 0 saturated carbocycles. The molecule has 1 atom stereocenters. The van der Waals surface area contributed by atoms with Gasteiger partial charge in [0.2, 0.25) is 41.1 Å². The second-order valence-electron chi connectivity index (χ2n) is 26.2. The molecule has 0 amide bonds. The van der Waals surface area contributed by atoms with Crippen LogP contribution in [0.5, 0.6) is 23.0 Å². The number of nitrogens with one attached hydrogen (secondary N) is 1. The van der Waals surface area contributed by atoms with E-state index in [1.165, 1.54) is 11.1 Å². The van der Waals surface area contributed by atoms with E-state index in [4.69, 9.17) is 32.2 Å². The highest BCUT2D eigenvalue weighted by molar-refractivity contribution is 6.07. The molecule has 0 fully saturated rings. The molecule has 0 radical (unpaired) electrons. The predicted octanol–water partition coefficient (Wildman–Crippen LogP) is 18.7. The smallest absolute Gasteiger partial charge is 0.248 e. The lowest BCUT2D eigenvalue weighted by Gasteiger charge is -2.29. The first-order valence-corrected chi connectivity index (χ1v) is 30.5. The van der Waals surface area contributed by atoms with Gasteiger partial charge in [-0.15, -0.1) is 30.6 Å². The molecule has 1 aliphatic rings. The van der Waals surface area contributed by atoms with Crippen molar-refractivity contribution in [1.29, 1.82) is 0 Å². The van der Waals surface area contributed by atoms with Crippen LogP contribution in [0.4, 0.5) is 0 Å². The summed E-state index contributed by atoms with van der Waals surface area (Å²) < 4.78 is 45.7. The molecule has 4 heterocycles. The minimum absolute atomic E-state index is 0.0276. The number of para-hydroxylation sites is 1. The van der Waals surface area contributed by atoms with Crippen LogP contribution in [-0.4, -0.2) is 35.6 Å². The molecule has 4 aromatic heterocycles. The van der Waals surface area contributed by atoms with Gasteiger partial charge in [-0.25, -0.2) is 0 Å². The number of hydrogen-bond acceptors (Lipinski definition) is 13. The third-order valence-corrected chi connectivity index (χ3v) is 16.5. The Morgan fingerprint density at radius 1 is 0.411 bits per heavy atom. The number of hydrogen-bond donors (Lipinski definition) is 1. The van der Waals surface area contributed by atoms with E-state index in [1.807, 2.05) is 133 Å². The van der Waals surface area contributed by atoms with Gasteiger partial charge in [0, 0.05) is 55.7 Å². The number of aromatic nitrogens is 7. The fourth-order valence-electron chi connectivity index (χ4n) is 10.9. The molecule has 90 heavy (non-hydrogen) atoms. The summed E-state index contributed by atoms with van der Waals surface area (Å²) in [5.41, 5.74) is 13.2. The molecule has 1 unspecified atom stereocenters. The van der Waals surface area contributed by atoms with Gasteiger partial charge < -0.3 is 37.2 Å². The van der Waals surface area contributed by atoms with Crippen molar-refractivity contribution >= 4 is 27.4 Å². The summed E-state index contributed by atoms with van der Waals surface area (Å²) in [6.07, 6.45) is 7.43. The first kappa shape index (κ1) is 58.7. The molecule has 1 aliphatic carbocycles. The summed E-state index contributed by atoms with van der Waals surface area (Å²) >= 11 is 0. The number of rotatable bonds is 18. The Bertz CT molecular complexity index is 4390. The van der Waals surface area contributed by atoms with Crippen LogP contribution in [0.15, 0.2) is 207 Å². The third kappa shape index (κ3) is 13.1. The average Bonchev–Trinajstić information content (AvgIpc) is 1.84. The maximum absolute atomic E-state index is 6.85. The summed E-state index contributed by atoms with van der Waals surface area (Å²) in [4.78, 5) is 3.54. The first-order chi connectivity index (χ1) is 43.4. The van der Waals surface area contributed by atoms with Gasteiger partial charge in [-0.3, -0.25) is 0 Å². The van der Waals surface area contributed by atoms with Crippen LogP contribution in [0, 0.1) is 11.3 Å². The number of nitrogens with zero attached hydrogens (tertiary/aromatic N) is 6. The van der Waals surface area contributed by atoms with Gasteiger partial charge in [0.05, 0.1) is 5.52 Å². The molecule has 14 heteroatoms. The molecular formula is C76H71N7O7. The molecule has 0 aliphatic heterocycles. The van der Waals surface area contributed by atoms with Gasteiger partial charge in [-0.2, -0.15) is 0 Å². The fourth-order valence-corrected chi connectivity index (χ4v) is 10.9. The second-order valence-corrected chi connectivity index (χ2v) is 26.2. The Morgan fingerprint density at radius 2 is 0.822 bits per heavy atom. The zero-order chi connectivity index (χ0) is 62.2. The van der Waals surface area contributed by atoms with Crippen LogP contribution in [0.1, 0.15) is 108 Å². The van der Waals surface area contributed by atoms with Crippen molar-refractivity contribution in [2.75, 3.05) is 0 Å². The largest absolute Gasteiger partial charge is 0.489 e. The van der Waals surface area contributed by atoms with E-state index >= 15 is 0 Å². The van der Waals surface area contributed by atoms with E-state index in [9.17, 15) is 0 Å². The minimum Gasteiger partial charge on any atom is -0.489 e. The monoisotopic (exact) mass is 1190 g/mol. The molecule has 0 bridgehead atoms. The lowest BCUT2D eigenvalue weighted by atomic mass is 9.76.